The van der Waals surface area contributed by atoms with Crippen molar-refractivity contribution in [3.8, 4) is 16.9 Å². The predicted molar refractivity (Wildman–Crippen MR) is 273 cm³/mol. The van der Waals surface area contributed by atoms with E-state index in [9.17, 15) is 0 Å². The molecule has 0 fully saturated rings. The minimum absolute atomic E-state index is 0.148. The van der Waals surface area contributed by atoms with Crippen molar-refractivity contribution in [1.82, 2.24) is 0 Å². The fourth-order valence-corrected chi connectivity index (χ4v) is 14.8. The fourth-order valence-electron chi connectivity index (χ4n) is 14.8. The minimum atomic E-state index is -0.697. The van der Waals surface area contributed by atoms with Crippen molar-refractivity contribution in [2.45, 2.75) is 82.8 Å². The maximum atomic E-state index is 7.61. The molecule has 5 heterocycles. The molecule has 4 heteroatoms. The number of allylic oxidation sites excluding steroid dienone is 2. The third kappa shape index (κ3) is 4.38. The van der Waals surface area contributed by atoms with E-state index >= 15 is 0 Å². The number of ether oxygens (including phenoxy) is 1. The molecule has 7 aromatic carbocycles. The van der Waals surface area contributed by atoms with E-state index in [2.05, 4.69) is 221 Å². The van der Waals surface area contributed by atoms with Crippen LogP contribution < -0.4 is 19.9 Å². The highest BCUT2D eigenvalue weighted by atomic mass is 16.5. The van der Waals surface area contributed by atoms with E-state index in [1.165, 1.54) is 119 Å². The summed E-state index contributed by atoms with van der Waals surface area (Å²) in [7, 11) is 0. The van der Waals surface area contributed by atoms with Crippen LogP contribution in [0.15, 0.2) is 186 Å². The molecule has 0 saturated carbocycles. The molecule has 0 bridgehead atoms. The summed E-state index contributed by atoms with van der Waals surface area (Å²) in [6, 6.07) is 60.6. The second-order valence-corrected chi connectivity index (χ2v) is 20.6. The summed E-state index contributed by atoms with van der Waals surface area (Å²) in [5, 5.41) is 0. The van der Waals surface area contributed by atoms with Crippen molar-refractivity contribution in [3.63, 3.8) is 0 Å². The molecule has 5 aliphatic heterocycles. The Kier molecular flexibility index (Phi) is 7.57. The molecule has 0 spiro atoms. The Bertz CT molecular complexity index is 3340. The quantitative estimate of drug-likeness (QED) is 0.127. The third-order valence-electron chi connectivity index (χ3n) is 17.1. The third-order valence-corrected chi connectivity index (χ3v) is 17.1. The monoisotopic (exact) mass is 852 g/mol. The SMILES string of the molecule is CCCCc1ccc2c(c1)C1(C)C=CC(C)C3=C1C1(C)C(=C4c5ccccc5OC43C)B3c4c(cc(C)cc4N21)-c1cccc2c1N3c1ccccc1C2(c1ccccc1)c1ccccc1. The number of hydrogen-bond donors (Lipinski definition) is 0. The van der Waals surface area contributed by atoms with Gasteiger partial charge in [0.1, 0.15) is 5.75 Å². The van der Waals surface area contributed by atoms with Gasteiger partial charge in [-0.1, -0.05) is 166 Å². The summed E-state index contributed by atoms with van der Waals surface area (Å²) in [5.74, 6) is 1.15. The molecule has 0 saturated heterocycles. The largest absolute Gasteiger partial charge is 0.478 e. The fraction of sp³-hybridized carbons (Fsp3) is 0.226. The van der Waals surface area contributed by atoms with Gasteiger partial charge in [0, 0.05) is 44.9 Å². The molecule has 2 aliphatic carbocycles. The average Bonchev–Trinajstić information content (AvgIpc) is 3.65. The summed E-state index contributed by atoms with van der Waals surface area (Å²) >= 11 is 0. The lowest BCUT2D eigenvalue weighted by atomic mass is 9.33. The Morgan fingerprint density at radius 3 is 2.12 bits per heavy atom. The van der Waals surface area contributed by atoms with E-state index in [-0.39, 0.29) is 18.2 Å². The van der Waals surface area contributed by atoms with Crippen molar-refractivity contribution in [1.29, 1.82) is 0 Å². The Morgan fingerprint density at radius 2 is 1.35 bits per heavy atom. The lowest BCUT2D eigenvalue weighted by Gasteiger charge is -2.66. The molecule has 7 aliphatic rings. The van der Waals surface area contributed by atoms with E-state index in [1.54, 1.807) is 0 Å². The highest BCUT2D eigenvalue weighted by molar-refractivity contribution is 6.89. The van der Waals surface area contributed by atoms with Gasteiger partial charge in [-0.3, -0.25) is 0 Å². The van der Waals surface area contributed by atoms with Crippen LogP contribution in [0.2, 0.25) is 0 Å². The van der Waals surface area contributed by atoms with Crippen LogP contribution in [-0.4, -0.2) is 18.0 Å². The normalized spacial score (nSPS) is 24.7. The molecule has 66 heavy (non-hydrogen) atoms. The molecule has 4 unspecified atom stereocenters. The molecular formula is C62H53BN2O. The standard InChI is InChI=1S/C62H53BN2O/c1-7-8-20-40-31-32-49-48(37-40)59(4)34-33-39(3)53-57(59)60(5)58(54-44-25-15-18-30-52(44)66-61(53,54)6)63-55-45(35-38(2)36-51(55)64(49)60)43-26-19-28-47-56(43)65(63)50-29-17-16-27-46(50)62(47,41-21-11-9-12-22-41)42-23-13-10-14-24-42/h9-19,21-37,39H,7-8,20H2,1-6H3. The van der Waals surface area contributed by atoms with E-state index in [0.29, 0.717) is 0 Å². The first kappa shape index (κ1) is 38.5. The number of para-hydroxylation sites is 3. The maximum Gasteiger partial charge on any atom is 0.329 e. The van der Waals surface area contributed by atoms with Crippen LogP contribution in [0.4, 0.5) is 22.7 Å². The minimum Gasteiger partial charge on any atom is -0.478 e. The molecule has 4 atom stereocenters. The van der Waals surface area contributed by atoms with Gasteiger partial charge in [-0.25, -0.2) is 0 Å². The first-order chi connectivity index (χ1) is 32.2. The van der Waals surface area contributed by atoms with Crippen LogP contribution >= 0.6 is 0 Å². The average molecular weight is 853 g/mol. The molecule has 0 radical (unpaired) electrons. The number of unbranched alkanes of at least 4 members (excludes halogenated alkanes) is 1. The number of nitrogens with zero attached hydrogens (tertiary/aromatic N) is 2. The van der Waals surface area contributed by atoms with Crippen LogP contribution in [0, 0.1) is 12.8 Å². The number of fused-ring (bicyclic) bond motifs is 13. The van der Waals surface area contributed by atoms with Gasteiger partial charge in [-0.15, -0.1) is 0 Å². The van der Waals surface area contributed by atoms with Crippen LogP contribution in [0.3, 0.4) is 0 Å². The van der Waals surface area contributed by atoms with Crippen LogP contribution in [0.5, 0.6) is 5.75 Å². The van der Waals surface area contributed by atoms with Gasteiger partial charge in [0.25, 0.3) is 0 Å². The lowest BCUT2D eigenvalue weighted by Crippen LogP contribution is -2.72. The van der Waals surface area contributed by atoms with Crippen molar-refractivity contribution < 1.29 is 4.74 Å². The Hall–Kier alpha value is -6.78. The van der Waals surface area contributed by atoms with Gasteiger partial charge in [-0.05, 0) is 137 Å². The Balaban J connectivity index is 1.19. The van der Waals surface area contributed by atoms with E-state index < -0.39 is 16.6 Å². The molecule has 0 aromatic heterocycles. The molecule has 320 valence electrons. The van der Waals surface area contributed by atoms with Gasteiger partial charge in [0.15, 0.2) is 5.60 Å². The van der Waals surface area contributed by atoms with E-state index in [4.69, 9.17) is 4.74 Å². The highest BCUT2D eigenvalue weighted by Gasteiger charge is 2.69. The van der Waals surface area contributed by atoms with E-state index in [0.717, 1.165) is 12.2 Å². The molecule has 0 amide bonds. The van der Waals surface area contributed by atoms with Crippen LogP contribution in [-0.2, 0) is 17.3 Å². The van der Waals surface area contributed by atoms with E-state index in [1.807, 2.05) is 0 Å². The lowest BCUT2D eigenvalue weighted by molar-refractivity contribution is 0.185. The number of hydrogen-bond acceptors (Lipinski definition) is 3. The van der Waals surface area contributed by atoms with Crippen molar-refractivity contribution in [3.05, 3.63) is 231 Å². The second kappa shape index (κ2) is 13.0. The summed E-state index contributed by atoms with van der Waals surface area (Å²) in [6.45, 7) is 14.4. The van der Waals surface area contributed by atoms with Gasteiger partial charge in [0.05, 0.1) is 11.0 Å². The molecular weight excluding hydrogens is 800 g/mol. The zero-order valence-electron chi connectivity index (χ0n) is 38.7. The number of rotatable bonds is 5. The summed E-state index contributed by atoms with van der Waals surface area (Å²) in [4.78, 5) is 5.63. The van der Waals surface area contributed by atoms with Crippen molar-refractivity contribution in [2.24, 2.45) is 5.92 Å². The summed E-state index contributed by atoms with van der Waals surface area (Å²) in [6.07, 6.45) is 8.51. The van der Waals surface area contributed by atoms with Gasteiger partial charge in [-0.2, -0.15) is 0 Å². The van der Waals surface area contributed by atoms with Crippen molar-refractivity contribution >= 4 is 40.6 Å². The molecule has 14 rings (SSSR count). The molecule has 3 nitrogen and oxygen atoms in total. The maximum absolute atomic E-state index is 7.61. The zero-order chi connectivity index (χ0) is 44.5. The smallest absolute Gasteiger partial charge is 0.329 e. The van der Waals surface area contributed by atoms with Crippen molar-refractivity contribution in [2.75, 3.05) is 9.71 Å². The predicted octanol–water partition coefficient (Wildman–Crippen LogP) is 13.9. The molecule has 7 aromatic rings. The van der Waals surface area contributed by atoms with Gasteiger partial charge in [0.2, 0.25) is 0 Å². The van der Waals surface area contributed by atoms with Gasteiger partial charge < -0.3 is 14.4 Å². The summed E-state index contributed by atoms with van der Waals surface area (Å²) in [5.41, 5.74) is 23.1. The highest BCUT2D eigenvalue weighted by Crippen LogP contribution is 2.71. The van der Waals surface area contributed by atoms with Crippen LogP contribution in [0.25, 0.3) is 16.7 Å². The number of anilines is 4. The Morgan fingerprint density at radius 1 is 0.652 bits per heavy atom. The molecule has 0 N–H and O–H groups in total. The first-order valence-corrected chi connectivity index (χ1v) is 24.4. The van der Waals surface area contributed by atoms with Gasteiger partial charge >= 0.3 is 6.85 Å². The topological polar surface area (TPSA) is 15.7 Å². The first-order valence-electron chi connectivity index (χ1n) is 24.4. The second-order valence-electron chi connectivity index (χ2n) is 20.6. The van der Waals surface area contributed by atoms with Crippen LogP contribution in [0.1, 0.15) is 92.0 Å². The summed E-state index contributed by atoms with van der Waals surface area (Å²) < 4.78 is 7.61. The number of benzene rings is 7. The number of aryl methyl sites for hydroxylation is 2. The Labute approximate surface area is 389 Å². The zero-order valence-corrected chi connectivity index (χ0v) is 38.7.